The van der Waals surface area contributed by atoms with E-state index in [0.717, 1.165) is 0 Å². The Morgan fingerprint density at radius 2 is 0.400 bits per heavy atom. The molecule has 0 atom stereocenters. The van der Waals surface area contributed by atoms with E-state index in [-0.39, 0.29) is 0 Å². The Morgan fingerprint density at radius 1 is 0.225 bits per heavy atom. The highest BCUT2D eigenvalue weighted by Crippen LogP contribution is 2.56. The van der Waals surface area contributed by atoms with Crippen LogP contribution >= 0.6 is 0 Å². The molecule has 212 valence electrons. The van der Waals surface area contributed by atoms with Gasteiger partial charge in [-0.05, 0) is 121 Å². The summed E-state index contributed by atoms with van der Waals surface area (Å²) in [5.74, 6) is 0. The summed E-state index contributed by atoms with van der Waals surface area (Å²) in [5, 5.41) is 11.3. The predicted octanol–water partition coefficient (Wildman–Crippen LogP) is 8.47. The van der Waals surface area contributed by atoms with Crippen molar-refractivity contribution in [1.29, 1.82) is 0 Å². The van der Waals surface area contributed by atoms with Crippen LogP contribution in [-0.4, -0.2) is 56.4 Å². The van der Waals surface area contributed by atoms with Gasteiger partial charge in [0.15, 0.2) is 0 Å². The SMILES string of the molecule is Cc1c(N(C)C)c2c(N(C)C)c(C)c(C)c3c4c(C)c(C)c(N(C)C)c5c(N(C)C)c(C)c(C)c(c(c1C)c23)c54. The molecule has 0 aromatic heterocycles. The molecule has 0 aliphatic carbocycles. The second-order valence-corrected chi connectivity index (χ2v) is 13.0. The van der Waals surface area contributed by atoms with Gasteiger partial charge in [0.1, 0.15) is 0 Å². The first kappa shape index (κ1) is 28.1. The Kier molecular flexibility index (Phi) is 6.37. The van der Waals surface area contributed by atoms with Crippen molar-refractivity contribution >= 4 is 65.8 Å². The fourth-order valence-electron chi connectivity index (χ4n) is 7.89. The van der Waals surface area contributed by atoms with Crippen LogP contribution < -0.4 is 19.6 Å². The van der Waals surface area contributed by atoms with E-state index in [4.69, 9.17) is 0 Å². The molecule has 5 rings (SSSR count). The summed E-state index contributed by atoms with van der Waals surface area (Å²) in [5.41, 5.74) is 16.4. The molecule has 0 N–H and O–H groups in total. The average molecular weight is 537 g/mol. The smallest absolute Gasteiger partial charge is 0.0494 e. The van der Waals surface area contributed by atoms with E-state index in [9.17, 15) is 0 Å². The summed E-state index contributed by atoms with van der Waals surface area (Å²) >= 11 is 0. The van der Waals surface area contributed by atoms with Gasteiger partial charge in [0.25, 0.3) is 0 Å². The summed E-state index contributed by atoms with van der Waals surface area (Å²) in [6.07, 6.45) is 0. The molecule has 0 saturated heterocycles. The predicted molar refractivity (Wildman–Crippen MR) is 183 cm³/mol. The third kappa shape index (κ3) is 3.31. The maximum atomic E-state index is 2.35. The molecule has 0 unspecified atom stereocenters. The van der Waals surface area contributed by atoms with E-state index in [1.165, 1.54) is 110 Å². The van der Waals surface area contributed by atoms with Gasteiger partial charge in [-0.3, -0.25) is 0 Å². The summed E-state index contributed by atoms with van der Waals surface area (Å²) in [6.45, 7) is 18.7. The molecular formula is C36H48N4. The number of fused-ring (bicyclic) bond motifs is 2. The van der Waals surface area contributed by atoms with Crippen LogP contribution in [0.1, 0.15) is 44.5 Å². The minimum atomic E-state index is 1.34. The van der Waals surface area contributed by atoms with E-state index < -0.39 is 0 Å². The summed E-state index contributed by atoms with van der Waals surface area (Å²) < 4.78 is 0. The molecule has 0 heterocycles. The monoisotopic (exact) mass is 536 g/mol. The van der Waals surface area contributed by atoms with Crippen LogP contribution in [0.3, 0.4) is 0 Å². The number of benzene rings is 5. The molecule has 40 heavy (non-hydrogen) atoms. The number of anilines is 4. The summed E-state index contributed by atoms with van der Waals surface area (Å²) in [7, 11) is 17.6. The van der Waals surface area contributed by atoms with E-state index >= 15 is 0 Å². The molecule has 0 spiro atoms. The van der Waals surface area contributed by atoms with Crippen LogP contribution in [0.25, 0.3) is 43.1 Å². The van der Waals surface area contributed by atoms with Crippen molar-refractivity contribution in [1.82, 2.24) is 0 Å². The van der Waals surface area contributed by atoms with Crippen molar-refractivity contribution in [3.05, 3.63) is 44.5 Å². The van der Waals surface area contributed by atoms with Gasteiger partial charge >= 0.3 is 0 Å². The minimum absolute atomic E-state index is 1.34. The molecule has 0 aliphatic rings. The van der Waals surface area contributed by atoms with Crippen molar-refractivity contribution in [2.45, 2.75) is 55.4 Å². The Morgan fingerprint density at radius 3 is 0.550 bits per heavy atom. The number of aryl methyl sites for hydroxylation is 4. The number of nitrogens with zero attached hydrogens (tertiary/aromatic N) is 4. The van der Waals surface area contributed by atoms with Crippen molar-refractivity contribution in [3.8, 4) is 0 Å². The van der Waals surface area contributed by atoms with E-state index in [1.807, 2.05) is 0 Å². The zero-order chi connectivity index (χ0) is 29.9. The quantitative estimate of drug-likeness (QED) is 0.169. The zero-order valence-corrected chi connectivity index (χ0v) is 27.8. The highest BCUT2D eigenvalue weighted by molar-refractivity contribution is 6.41. The lowest BCUT2D eigenvalue weighted by Gasteiger charge is -2.34. The van der Waals surface area contributed by atoms with Gasteiger partial charge in [-0.1, -0.05) is 0 Å². The highest BCUT2D eigenvalue weighted by Gasteiger charge is 2.30. The van der Waals surface area contributed by atoms with Crippen molar-refractivity contribution in [3.63, 3.8) is 0 Å². The normalized spacial score (nSPS) is 12.0. The Labute approximate surface area is 241 Å². The van der Waals surface area contributed by atoms with Crippen LogP contribution in [0.2, 0.25) is 0 Å². The van der Waals surface area contributed by atoms with Gasteiger partial charge in [0.05, 0.1) is 0 Å². The third-order valence-electron chi connectivity index (χ3n) is 9.91. The molecule has 4 heteroatoms. The van der Waals surface area contributed by atoms with Gasteiger partial charge in [0, 0.05) is 101 Å². The Balaban J connectivity index is 2.41. The van der Waals surface area contributed by atoms with Gasteiger partial charge in [0.2, 0.25) is 0 Å². The molecule has 0 fully saturated rings. The number of rotatable bonds is 4. The first-order valence-corrected chi connectivity index (χ1v) is 14.5. The molecule has 4 nitrogen and oxygen atoms in total. The fourth-order valence-corrected chi connectivity index (χ4v) is 7.89. The van der Waals surface area contributed by atoms with E-state index in [0.29, 0.717) is 0 Å². The number of hydrogen-bond acceptors (Lipinski definition) is 4. The molecule has 5 aromatic rings. The molecule has 0 radical (unpaired) electrons. The maximum absolute atomic E-state index is 2.35. The first-order valence-electron chi connectivity index (χ1n) is 14.5. The molecule has 0 amide bonds. The second-order valence-electron chi connectivity index (χ2n) is 13.0. The largest absolute Gasteiger partial charge is 0.377 e. The first-order chi connectivity index (χ1) is 18.6. The Hall–Kier alpha value is -3.40. The van der Waals surface area contributed by atoms with Crippen LogP contribution in [0.15, 0.2) is 0 Å². The van der Waals surface area contributed by atoms with Gasteiger partial charge < -0.3 is 19.6 Å². The van der Waals surface area contributed by atoms with Gasteiger partial charge in [-0.15, -0.1) is 0 Å². The van der Waals surface area contributed by atoms with E-state index in [1.54, 1.807) is 0 Å². The van der Waals surface area contributed by atoms with Crippen LogP contribution in [0.5, 0.6) is 0 Å². The third-order valence-corrected chi connectivity index (χ3v) is 9.91. The van der Waals surface area contributed by atoms with Crippen molar-refractivity contribution < 1.29 is 0 Å². The van der Waals surface area contributed by atoms with Crippen molar-refractivity contribution in [2.24, 2.45) is 0 Å². The molecule has 5 aromatic carbocycles. The van der Waals surface area contributed by atoms with Crippen molar-refractivity contribution in [2.75, 3.05) is 76.0 Å². The summed E-state index contributed by atoms with van der Waals surface area (Å²) in [4.78, 5) is 9.33. The van der Waals surface area contributed by atoms with Crippen LogP contribution in [0, 0.1) is 55.4 Å². The average Bonchev–Trinajstić information content (AvgIpc) is 2.85. The zero-order valence-electron chi connectivity index (χ0n) is 27.8. The van der Waals surface area contributed by atoms with Crippen LogP contribution in [-0.2, 0) is 0 Å². The summed E-state index contributed by atoms with van der Waals surface area (Å²) in [6, 6.07) is 0. The standard InChI is InChI=1S/C36H48N4/c1-17-21(5)33(37(9)10)31-29-25(17)26-18(2)22(6)35(39(13)14)32-30(26)28(20(4)24(8)36(32)40(15)16)27(29)19(3)23(7)34(31)38(11)12/h1-16H3. The lowest BCUT2D eigenvalue weighted by Crippen LogP contribution is -2.18. The second kappa shape index (κ2) is 9.06. The molecule has 0 aliphatic heterocycles. The molecule has 0 bridgehead atoms. The highest BCUT2D eigenvalue weighted by atomic mass is 15.1. The van der Waals surface area contributed by atoms with Gasteiger partial charge in [-0.25, -0.2) is 0 Å². The topological polar surface area (TPSA) is 13.0 Å². The fraction of sp³-hybridized carbons (Fsp3) is 0.444. The molecule has 0 saturated carbocycles. The lowest BCUT2D eigenvalue weighted by atomic mass is 9.77. The van der Waals surface area contributed by atoms with Crippen LogP contribution in [0.4, 0.5) is 22.7 Å². The molecular weight excluding hydrogens is 488 g/mol. The van der Waals surface area contributed by atoms with Gasteiger partial charge in [-0.2, -0.15) is 0 Å². The lowest BCUT2D eigenvalue weighted by molar-refractivity contribution is 1.10. The minimum Gasteiger partial charge on any atom is -0.377 e. The Bertz CT molecular complexity index is 1600. The maximum Gasteiger partial charge on any atom is 0.0494 e. The van der Waals surface area contributed by atoms with E-state index in [2.05, 4.69) is 131 Å². The number of hydrogen-bond donors (Lipinski definition) is 0.